The van der Waals surface area contributed by atoms with Crippen LogP contribution < -0.4 is 0 Å². The van der Waals surface area contributed by atoms with E-state index < -0.39 is 17.6 Å². The molecule has 118 valence electrons. The molecule has 2 rings (SSSR count). The zero-order valence-corrected chi connectivity index (χ0v) is 13.3. The molecule has 7 heteroatoms. The van der Waals surface area contributed by atoms with Crippen LogP contribution in [0.4, 0.5) is 0 Å². The Morgan fingerprint density at radius 1 is 1.36 bits per heavy atom. The van der Waals surface area contributed by atoms with Gasteiger partial charge in [0, 0.05) is 22.9 Å². The number of carbonyl (C=O) groups excluding carboxylic acids is 2. The van der Waals surface area contributed by atoms with E-state index in [-0.39, 0.29) is 18.1 Å². The molecule has 0 aromatic heterocycles. The number of benzene rings is 1. The lowest BCUT2D eigenvalue weighted by atomic mass is 9.94. The van der Waals surface area contributed by atoms with Crippen molar-refractivity contribution in [2.24, 2.45) is 11.0 Å². The maximum Gasteiger partial charge on any atom is 0.354 e. The minimum atomic E-state index is -1.57. The fourth-order valence-corrected chi connectivity index (χ4v) is 2.31. The zero-order chi connectivity index (χ0) is 16.5. The molecule has 1 unspecified atom stereocenters. The Bertz CT molecular complexity index is 627. The molecule has 0 fully saturated rings. The molecule has 0 saturated carbocycles. The number of hydrazone groups is 1. The summed E-state index contributed by atoms with van der Waals surface area (Å²) < 4.78 is 4.62. The predicted molar refractivity (Wildman–Crippen MR) is 81.5 cm³/mol. The van der Waals surface area contributed by atoms with Crippen LogP contribution in [0, 0.1) is 5.92 Å². The lowest BCUT2D eigenvalue weighted by Gasteiger charge is -2.34. The molecule has 1 heterocycles. The van der Waals surface area contributed by atoms with Crippen LogP contribution in [0.1, 0.15) is 30.6 Å². The Labute approximate surface area is 133 Å². The molecule has 0 bridgehead atoms. The number of methoxy groups -OCH3 is 1. The Morgan fingerprint density at radius 2 is 1.95 bits per heavy atom. The number of amides is 1. The number of hydrogen-bond donors (Lipinski definition) is 1. The molecule has 1 aromatic carbocycles. The highest BCUT2D eigenvalue weighted by atomic mass is 35.5. The van der Waals surface area contributed by atoms with Gasteiger partial charge in [0.25, 0.3) is 5.91 Å². The second-order valence-corrected chi connectivity index (χ2v) is 5.81. The normalized spacial score (nSPS) is 21.0. The summed E-state index contributed by atoms with van der Waals surface area (Å²) in [5.74, 6) is -1.49. The number of aliphatic hydroxyl groups is 1. The summed E-state index contributed by atoms with van der Waals surface area (Å²) >= 11 is 5.80. The van der Waals surface area contributed by atoms with Gasteiger partial charge in [-0.2, -0.15) is 10.1 Å². The molecule has 0 radical (unpaired) electrons. The monoisotopic (exact) mass is 324 g/mol. The lowest BCUT2D eigenvalue weighted by Crippen LogP contribution is -2.50. The van der Waals surface area contributed by atoms with E-state index in [0.717, 1.165) is 5.01 Å². The van der Waals surface area contributed by atoms with Crippen molar-refractivity contribution in [3.8, 4) is 0 Å². The second kappa shape index (κ2) is 6.06. The lowest BCUT2D eigenvalue weighted by molar-refractivity contribution is -0.133. The topological polar surface area (TPSA) is 79.2 Å². The standard InChI is InChI=1S/C15H17ClN2O4/c1-9(2)15(21)8-12(14(20)22-3)17-18(15)13(19)10-4-6-11(16)7-5-10/h4-7,9,21H,8H2,1-3H3. The van der Waals surface area contributed by atoms with Crippen molar-refractivity contribution in [2.75, 3.05) is 7.11 Å². The molecular weight excluding hydrogens is 308 g/mol. The van der Waals surface area contributed by atoms with Crippen molar-refractivity contribution in [3.05, 3.63) is 34.9 Å². The van der Waals surface area contributed by atoms with Crippen molar-refractivity contribution in [1.29, 1.82) is 0 Å². The maximum absolute atomic E-state index is 12.6. The SMILES string of the molecule is COC(=O)C1=NN(C(=O)c2ccc(Cl)cc2)C(O)(C(C)C)C1. The Hall–Kier alpha value is -1.92. The van der Waals surface area contributed by atoms with E-state index in [1.165, 1.54) is 19.2 Å². The molecule has 1 amide bonds. The summed E-state index contributed by atoms with van der Waals surface area (Å²) in [5.41, 5.74) is -1.24. The average Bonchev–Trinajstić information content (AvgIpc) is 2.86. The number of carbonyl (C=O) groups is 2. The Kier molecular flexibility index (Phi) is 4.53. The number of nitrogens with zero attached hydrogens (tertiary/aromatic N) is 2. The molecule has 1 aliphatic rings. The first kappa shape index (κ1) is 16.5. The third-order valence-electron chi connectivity index (χ3n) is 3.64. The van der Waals surface area contributed by atoms with Gasteiger partial charge >= 0.3 is 5.97 Å². The summed E-state index contributed by atoms with van der Waals surface area (Å²) in [7, 11) is 1.23. The molecule has 6 nitrogen and oxygen atoms in total. The Morgan fingerprint density at radius 3 is 2.45 bits per heavy atom. The predicted octanol–water partition coefficient (Wildman–Crippen LogP) is 2.06. The van der Waals surface area contributed by atoms with E-state index in [1.807, 2.05) is 0 Å². The minimum Gasteiger partial charge on any atom is -0.464 e. The van der Waals surface area contributed by atoms with Gasteiger partial charge in [0.05, 0.1) is 7.11 Å². The van der Waals surface area contributed by atoms with Gasteiger partial charge < -0.3 is 9.84 Å². The number of esters is 1. The van der Waals surface area contributed by atoms with Crippen molar-refractivity contribution in [2.45, 2.75) is 26.0 Å². The molecule has 0 spiro atoms. The fourth-order valence-electron chi connectivity index (χ4n) is 2.18. The molecule has 1 N–H and O–H groups in total. The summed E-state index contributed by atoms with van der Waals surface area (Å²) in [6, 6.07) is 6.22. The van der Waals surface area contributed by atoms with Crippen LogP contribution >= 0.6 is 11.6 Å². The Balaban J connectivity index is 2.39. The molecule has 1 aliphatic heterocycles. The number of hydrogen-bond acceptors (Lipinski definition) is 5. The van der Waals surface area contributed by atoms with Crippen LogP contribution in [0.15, 0.2) is 29.4 Å². The van der Waals surface area contributed by atoms with Crippen LogP contribution in [0.2, 0.25) is 5.02 Å². The van der Waals surface area contributed by atoms with Crippen LogP contribution in [0.5, 0.6) is 0 Å². The van der Waals surface area contributed by atoms with Gasteiger partial charge in [-0.15, -0.1) is 0 Å². The summed E-state index contributed by atoms with van der Waals surface area (Å²) in [4.78, 5) is 24.3. The van der Waals surface area contributed by atoms with Gasteiger partial charge in [-0.1, -0.05) is 25.4 Å². The largest absolute Gasteiger partial charge is 0.464 e. The first-order valence-corrected chi connectivity index (χ1v) is 7.15. The van der Waals surface area contributed by atoms with Gasteiger partial charge in [0.15, 0.2) is 11.4 Å². The zero-order valence-electron chi connectivity index (χ0n) is 12.5. The average molecular weight is 325 g/mol. The summed E-state index contributed by atoms with van der Waals surface area (Å²) in [6.07, 6.45) is -0.0727. The van der Waals surface area contributed by atoms with Gasteiger partial charge in [-0.25, -0.2) is 4.79 Å². The van der Waals surface area contributed by atoms with Gasteiger partial charge in [-0.3, -0.25) is 4.79 Å². The molecule has 1 aromatic rings. The van der Waals surface area contributed by atoms with Crippen LogP contribution in [0.3, 0.4) is 0 Å². The van der Waals surface area contributed by atoms with Crippen molar-refractivity contribution in [1.82, 2.24) is 5.01 Å². The maximum atomic E-state index is 12.6. The summed E-state index contributed by atoms with van der Waals surface area (Å²) in [5, 5.41) is 16.2. The van der Waals surface area contributed by atoms with Gasteiger partial charge in [-0.05, 0) is 24.3 Å². The van der Waals surface area contributed by atoms with Crippen LogP contribution in [-0.4, -0.2) is 40.5 Å². The van der Waals surface area contributed by atoms with Crippen molar-refractivity contribution >= 4 is 29.2 Å². The van der Waals surface area contributed by atoms with E-state index in [0.29, 0.717) is 10.6 Å². The van der Waals surface area contributed by atoms with E-state index in [1.54, 1.807) is 26.0 Å². The van der Waals surface area contributed by atoms with E-state index >= 15 is 0 Å². The van der Waals surface area contributed by atoms with E-state index in [2.05, 4.69) is 9.84 Å². The van der Waals surface area contributed by atoms with Crippen LogP contribution in [-0.2, 0) is 9.53 Å². The van der Waals surface area contributed by atoms with Gasteiger partial charge in [0.1, 0.15) is 0 Å². The second-order valence-electron chi connectivity index (χ2n) is 5.37. The number of ether oxygens (including phenoxy) is 1. The number of rotatable bonds is 3. The quantitative estimate of drug-likeness (QED) is 0.863. The molecule has 22 heavy (non-hydrogen) atoms. The highest BCUT2D eigenvalue weighted by Crippen LogP contribution is 2.34. The third-order valence-corrected chi connectivity index (χ3v) is 3.90. The molecule has 0 aliphatic carbocycles. The van der Waals surface area contributed by atoms with Crippen LogP contribution in [0.25, 0.3) is 0 Å². The highest BCUT2D eigenvalue weighted by Gasteiger charge is 2.48. The fraction of sp³-hybridized carbons (Fsp3) is 0.400. The van der Waals surface area contributed by atoms with Crippen molar-refractivity contribution in [3.63, 3.8) is 0 Å². The third kappa shape index (κ3) is 2.84. The first-order chi connectivity index (χ1) is 10.3. The minimum absolute atomic E-state index is 0.0148. The summed E-state index contributed by atoms with van der Waals surface area (Å²) in [6.45, 7) is 3.50. The highest BCUT2D eigenvalue weighted by molar-refractivity contribution is 6.37. The van der Waals surface area contributed by atoms with E-state index in [9.17, 15) is 14.7 Å². The van der Waals surface area contributed by atoms with Gasteiger partial charge in [0.2, 0.25) is 0 Å². The number of halogens is 1. The van der Waals surface area contributed by atoms with Crippen molar-refractivity contribution < 1.29 is 19.4 Å². The first-order valence-electron chi connectivity index (χ1n) is 6.78. The molecule has 1 atom stereocenters. The molecular formula is C15H17ClN2O4. The van der Waals surface area contributed by atoms with E-state index in [4.69, 9.17) is 11.6 Å². The molecule has 0 saturated heterocycles. The smallest absolute Gasteiger partial charge is 0.354 e.